The summed E-state index contributed by atoms with van der Waals surface area (Å²) in [4.78, 5) is 24.5. The first kappa shape index (κ1) is 26.7. The van der Waals surface area contributed by atoms with E-state index in [1.807, 2.05) is 24.3 Å². The van der Waals surface area contributed by atoms with Crippen LogP contribution in [0.4, 0.5) is 0 Å². The number of ketones is 1. The van der Waals surface area contributed by atoms with Crippen molar-refractivity contribution < 1.29 is 19.1 Å². The first-order valence-electron chi connectivity index (χ1n) is 13.9. The second-order valence-corrected chi connectivity index (χ2v) is 11.9. The van der Waals surface area contributed by atoms with Gasteiger partial charge in [0.1, 0.15) is 23.8 Å². The fourth-order valence-electron chi connectivity index (χ4n) is 5.75. The van der Waals surface area contributed by atoms with Gasteiger partial charge in [-0.3, -0.25) is 14.6 Å². The molecular formula is C32H35N3O4S. The van der Waals surface area contributed by atoms with Crippen LogP contribution in [0.25, 0.3) is 16.5 Å². The van der Waals surface area contributed by atoms with Gasteiger partial charge in [-0.25, -0.2) is 0 Å². The van der Waals surface area contributed by atoms with Crippen molar-refractivity contribution in [3.63, 3.8) is 0 Å². The van der Waals surface area contributed by atoms with E-state index in [9.17, 15) is 4.79 Å². The Morgan fingerprint density at radius 1 is 1.05 bits per heavy atom. The minimum atomic E-state index is -0.0319. The number of ether oxygens (including phenoxy) is 2. The molecule has 7 nitrogen and oxygen atoms in total. The average molecular weight is 558 g/mol. The van der Waals surface area contributed by atoms with E-state index in [1.54, 1.807) is 14.0 Å². The number of piperazine rings is 1. The topological polar surface area (TPSA) is 63.6 Å². The largest absolute Gasteiger partial charge is 0.496 e. The van der Waals surface area contributed by atoms with Gasteiger partial charge in [-0.15, -0.1) is 11.3 Å². The Labute approximate surface area is 239 Å². The van der Waals surface area contributed by atoms with Gasteiger partial charge in [-0.2, -0.15) is 0 Å². The molecule has 1 saturated heterocycles. The Morgan fingerprint density at radius 2 is 1.82 bits per heavy atom. The highest BCUT2D eigenvalue weighted by atomic mass is 32.1. The van der Waals surface area contributed by atoms with Gasteiger partial charge in [0.2, 0.25) is 0 Å². The summed E-state index contributed by atoms with van der Waals surface area (Å²) in [5.74, 6) is 1.66. The number of nitrogens with zero attached hydrogens (tertiary/aromatic N) is 3. The number of carbonyl (C=O) groups excluding carboxylic acids is 1. The first-order valence-corrected chi connectivity index (χ1v) is 14.7. The normalized spacial score (nSPS) is 21.2. The van der Waals surface area contributed by atoms with E-state index in [1.165, 1.54) is 22.5 Å². The van der Waals surface area contributed by atoms with Crippen molar-refractivity contribution in [3.8, 4) is 21.9 Å². The molecule has 2 unspecified atom stereocenters. The van der Waals surface area contributed by atoms with E-state index < -0.39 is 0 Å². The van der Waals surface area contributed by atoms with Gasteiger partial charge in [0.05, 0.1) is 17.9 Å². The second kappa shape index (κ2) is 11.6. The molecule has 3 aromatic rings. The van der Waals surface area contributed by atoms with Gasteiger partial charge in [-0.05, 0) is 43.7 Å². The number of benzene rings is 2. The number of oxime groups is 1. The molecule has 3 aliphatic rings. The molecular weight excluding hydrogens is 522 g/mol. The Bertz CT molecular complexity index is 1440. The zero-order valence-electron chi connectivity index (χ0n) is 23.3. The molecule has 8 heteroatoms. The van der Waals surface area contributed by atoms with Gasteiger partial charge in [0, 0.05) is 55.3 Å². The maximum absolute atomic E-state index is 11.8. The van der Waals surface area contributed by atoms with E-state index >= 15 is 0 Å². The number of hydrogen-bond acceptors (Lipinski definition) is 8. The molecule has 2 aromatic carbocycles. The standard InChI is InChI=1S/C32H35N3O4S/c1-21(15-23-7-5-4-6-8-23)18-34-11-13-35(14-12-34)19-29-26-20-38-28-16-24(31-10-9-30(40-31)22(2)36)27(37-3)17-25(28)32(26)33-39-29/h4-10,15-17,26,29H,11-14,18-20H2,1-3H3/b21-15+. The van der Waals surface area contributed by atoms with E-state index in [0.29, 0.717) is 6.61 Å². The van der Waals surface area contributed by atoms with E-state index in [4.69, 9.17) is 14.3 Å². The number of thiophene rings is 1. The third-order valence-electron chi connectivity index (χ3n) is 7.89. The molecule has 208 valence electrons. The van der Waals surface area contributed by atoms with Crippen LogP contribution in [0, 0.1) is 5.92 Å². The van der Waals surface area contributed by atoms with E-state index in [-0.39, 0.29) is 17.8 Å². The number of hydrogen-bond donors (Lipinski definition) is 0. The highest BCUT2D eigenvalue weighted by Crippen LogP contribution is 2.43. The first-order chi connectivity index (χ1) is 19.5. The molecule has 4 heterocycles. The molecule has 0 aliphatic carbocycles. The lowest BCUT2D eigenvalue weighted by Crippen LogP contribution is -2.50. The third-order valence-corrected chi connectivity index (χ3v) is 9.11. The van der Waals surface area contributed by atoms with Crippen molar-refractivity contribution in [1.82, 2.24) is 9.80 Å². The molecule has 6 rings (SSSR count). The molecule has 2 atom stereocenters. The maximum Gasteiger partial charge on any atom is 0.169 e. The molecule has 0 saturated carbocycles. The predicted molar refractivity (Wildman–Crippen MR) is 160 cm³/mol. The van der Waals surface area contributed by atoms with Gasteiger partial charge in [0.25, 0.3) is 0 Å². The summed E-state index contributed by atoms with van der Waals surface area (Å²) in [6, 6.07) is 18.3. The molecule has 3 aliphatic heterocycles. The van der Waals surface area contributed by atoms with Crippen LogP contribution in [-0.4, -0.2) is 80.4 Å². The number of fused-ring (bicyclic) bond motifs is 3. The SMILES string of the molecule is COc1cc2c(cc1-c1ccc(C(C)=O)s1)OCC1C2=NOC1CN1CCN(C/C(C)=C/c2ccccc2)CC1. The van der Waals surface area contributed by atoms with Gasteiger partial charge in [-0.1, -0.05) is 47.1 Å². The van der Waals surface area contributed by atoms with E-state index in [0.717, 1.165) is 77.4 Å². The number of methoxy groups -OCH3 is 1. The van der Waals surface area contributed by atoms with Crippen LogP contribution in [0.5, 0.6) is 11.5 Å². The highest BCUT2D eigenvalue weighted by Gasteiger charge is 2.41. The van der Waals surface area contributed by atoms with Crippen LogP contribution in [-0.2, 0) is 4.84 Å². The molecule has 40 heavy (non-hydrogen) atoms. The number of rotatable bonds is 8. The van der Waals surface area contributed by atoms with Crippen molar-refractivity contribution in [3.05, 3.63) is 76.2 Å². The lowest BCUT2D eigenvalue weighted by Gasteiger charge is -2.36. The Hall–Kier alpha value is -3.46. The molecule has 1 aromatic heterocycles. The molecule has 0 radical (unpaired) electrons. The summed E-state index contributed by atoms with van der Waals surface area (Å²) < 4.78 is 12.0. The van der Waals surface area contributed by atoms with Crippen LogP contribution in [0.1, 0.15) is 34.6 Å². The summed E-state index contributed by atoms with van der Waals surface area (Å²) in [6.07, 6.45) is 2.25. The smallest absolute Gasteiger partial charge is 0.169 e. The fraction of sp³-hybridized carbons (Fsp3) is 0.375. The summed E-state index contributed by atoms with van der Waals surface area (Å²) in [5.41, 5.74) is 5.42. The lowest BCUT2D eigenvalue weighted by atomic mass is 9.89. The molecule has 0 bridgehead atoms. The fourth-order valence-corrected chi connectivity index (χ4v) is 6.67. The predicted octanol–water partition coefficient (Wildman–Crippen LogP) is 5.46. The van der Waals surface area contributed by atoms with Crippen molar-refractivity contribution in [2.24, 2.45) is 11.1 Å². The highest BCUT2D eigenvalue weighted by molar-refractivity contribution is 7.17. The molecule has 0 spiro atoms. The maximum atomic E-state index is 11.8. The summed E-state index contributed by atoms with van der Waals surface area (Å²) in [5, 5.41) is 4.54. The third kappa shape index (κ3) is 5.57. The Morgan fingerprint density at radius 3 is 2.55 bits per heavy atom. The second-order valence-electron chi connectivity index (χ2n) is 10.8. The minimum absolute atomic E-state index is 0.0319. The summed E-state index contributed by atoms with van der Waals surface area (Å²) in [7, 11) is 1.67. The van der Waals surface area contributed by atoms with Crippen LogP contribution < -0.4 is 9.47 Å². The lowest BCUT2D eigenvalue weighted by molar-refractivity contribution is 0.0101. The van der Waals surface area contributed by atoms with Crippen molar-refractivity contribution in [1.29, 1.82) is 0 Å². The summed E-state index contributed by atoms with van der Waals surface area (Å²) in [6.45, 7) is 10.3. The van der Waals surface area contributed by atoms with Gasteiger partial charge < -0.3 is 14.3 Å². The molecule has 0 N–H and O–H groups in total. The summed E-state index contributed by atoms with van der Waals surface area (Å²) >= 11 is 1.46. The molecule has 0 amide bonds. The van der Waals surface area contributed by atoms with E-state index in [2.05, 4.69) is 58.3 Å². The van der Waals surface area contributed by atoms with Crippen molar-refractivity contribution in [2.45, 2.75) is 20.0 Å². The van der Waals surface area contributed by atoms with Crippen LogP contribution in [0.2, 0.25) is 0 Å². The zero-order chi connectivity index (χ0) is 27.6. The Balaban J connectivity index is 1.08. The van der Waals surface area contributed by atoms with Crippen molar-refractivity contribution >= 4 is 28.9 Å². The number of Topliss-reactive ketones (excluding diaryl/α,β-unsaturated/α-hetero) is 1. The molecule has 1 fully saturated rings. The average Bonchev–Trinajstić information content (AvgIpc) is 3.62. The van der Waals surface area contributed by atoms with Crippen LogP contribution >= 0.6 is 11.3 Å². The number of carbonyl (C=O) groups is 1. The van der Waals surface area contributed by atoms with Gasteiger partial charge >= 0.3 is 0 Å². The minimum Gasteiger partial charge on any atom is -0.496 e. The Kier molecular flexibility index (Phi) is 7.74. The quantitative estimate of drug-likeness (QED) is 0.343. The van der Waals surface area contributed by atoms with Gasteiger partial charge in [0.15, 0.2) is 11.9 Å². The van der Waals surface area contributed by atoms with Crippen molar-refractivity contribution in [2.75, 3.05) is 53.0 Å². The zero-order valence-corrected chi connectivity index (χ0v) is 24.1. The van der Waals surface area contributed by atoms with Crippen LogP contribution in [0.15, 0.2) is 65.3 Å². The van der Waals surface area contributed by atoms with Crippen LogP contribution in [0.3, 0.4) is 0 Å². The monoisotopic (exact) mass is 557 g/mol.